The first kappa shape index (κ1) is 11.2. The van der Waals surface area contributed by atoms with Crippen LogP contribution in [0.4, 0.5) is 0 Å². The lowest BCUT2D eigenvalue weighted by Crippen LogP contribution is -2.32. The smallest absolute Gasteiger partial charge is 0.101 e. The van der Waals surface area contributed by atoms with Gasteiger partial charge in [0.1, 0.15) is 6.10 Å². The van der Waals surface area contributed by atoms with Gasteiger partial charge in [-0.3, -0.25) is 0 Å². The van der Waals surface area contributed by atoms with Gasteiger partial charge in [-0.1, -0.05) is 19.1 Å². The summed E-state index contributed by atoms with van der Waals surface area (Å²) in [6, 6.07) is 0. The van der Waals surface area contributed by atoms with Gasteiger partial charge in [0.25, 0.3) is 0 Å². The monoisotopic (exact) mass is 195 g/mol. The van der Waals surface area contributed by atoms with Crippen LogP contribution >= 0.6 is 0 Å². The van der Waals surface area contributed by atoms with E-state index >= 15 is 0 Å². The Labute approximate surface area is 87.2 Å². The molecule has 0 aliphatic carbocycles. The van der Waals surface area contributed by atoms with E-state index in [4.69, 9.17) is 4.74 Å². The van der Waals surface area contributed by atoms with Crippen molar-refractivity contribution in [2.45, 2.75) is 39.2 Å². The molecule has 0 amide bonds. The first-order valence-corrected chi connectivity index (χ1v) is 5.54. The average Bonchev–Trinajstić information content (AvgIpc) is 2.25. The fourth-order valence-electron chi connectivity index (χ4n) is 1.61. The second-order valence-corrected chi connectivity index (χ2v) is 3.63. The standard InChI is InChI=1S/C12H21NO/c1-3-5-8-13-9-6-12(7-10-13)14-11-4-2/h4-5,8,11-12H,3,6-7,9-10H2,1-2H3. The number of nitrogens with zero attached hydrogens (tertiary/aromatic N) is 1. The maximum absolute atomic E-state index is 5.55. The Bertz CT molecular complexity index is 190. The van der Waals surface area contributed by atoms with E-state index in [1.165, 1.54) is 0 Å². The van der Waals surface area contributed by atoms with Gasteiger partial charge in [-0.15, -0.1) is 0 Å². The predicted molar refractivity (Wildman–Crippen MR) is 59.9 cm³/mol. The van der Waals surface area contributed by atoms with Crippen LogP contribution in [0.1, 0.15) is 33.1 Å². The molecule has 0 saturated carbocycles. The first-order chi connectivity index (χ1) is 6.86. The highest BCUT2D eigenvalue weighted by Crippen LogP contribution is 2.14. The van der Waals surface area contributed by atoms with Crippen molar-refractivity contribution in [3.63, 3.8) is 0 Å². The molecule has 0 unspecified atom stereocenters. The number of likely N-dealkylation sites (tertiary alicyclic amines) is 1. The van der Waals surface area contributed by atoms with Crippen LogP contribution in [0.2, 0.25) is 0 Å². The molecule has 0 aromatic heterocycles. The number of rotatable bonds is 4. The minimum atomic E-state index is 0.428. The Hall–Kier alpha value is -0.920. The molecule has 0 N–H and O–H groups in total. The highest BCUT2D eigenvalue weighted by molar-refractivity contribution is 4.85. The minimum absolute atomic E-state index is 0.428. The van der Waals surface area contributed by atoms with Gasteiger partial charge in [-0.25, -0.2) is 0 Å². The van der Waals surface area contributed by atoms with Crippen molar-refractivity contribution < 1.29 is 4.74 Å². The van der Waals surface area contributed by atoms with Crippen molar-refractivity contribution in [1.82, 2.24) is 4.90 Å². The second kappa shape index (κ2) is 6.52. The Balaban J connectivity index is 2.20. The second-order valence-electron chi connectivity index (χ2n) is 3.63. The Kier molecular flexibility index (Phi) is 5.20. The van der Waals surface area contributed by atoms with Gasteiger partial charge >= 0.3 is 0 Å². The Morgan fingerprint density at radius 1 is 1.36 bits per heavy atom. The highest BCUT2D eigenvalue weighted by Gasteiger charge is 2.16. The van der Waals surface area contributed by atoms with Crippen molar-refractivity contribution >= 4 is 0 Å². The third kappa shape index (κ3) is 3.86. The molecule has 2 nitrogen and oxygen atoms in total. The summed E-state index contributed by atoms with van der Waals surface area (Å²) in [6.07, 6.45) is 12.0. The molecule has 1 heterocycles. The van der Waals surface area contributed by atoms with E-state index in [1.807, 2.05) is 19.3 Å². The predicted octanol–water partition coefficient (Wildman–Crippen LogP) is 2.92. The van der Waals surface area contributed by atoms with Crippen molar-refractivity contribution in [1.29, 1.82) is 0 Å². The van der Waals surface area contributed by atoms with Crippen LogP contribution in [0.25, 0.3) is 0 Å². The topological polar surface area (TPSA) is 12.5 Å². The van der Waals surface area contributed by atoms with Gasteiger partial charge in [0.15, 0.2) is 0 Å². The molecular formula is C12H21NO. The summed E-state index contributed by atoms with van der Waals surface area (Å²) in [5.41, 5.74) is 0. The molecule has 0 atom stereocenters. The molecular weight excluding hydrogens is 174 g/mol. The number of hydrogen-bond donors (Lipinski definition) is 0. The zero-order chi connectivity index (χ0) is 10.2. The van der Waals surface area contributed by atoms with Gasteiger partial charge in [-0.2, -0.15) is 0 Å². The summed E-state index contributed by atoms with van der Waals surface area (Å²) >= 11 is 0. The van der Waals surface area contributed by atoms with Gasteiger partial charge in [-0.05, 0) is 19.5 Å². The van der Waals surface area contributed by atoms with Crippen LogP contribution < -0.4 is 0 Å². The molecule has 0 aromatic rings. The van der Waals surface area contributed by atoms with Crippen LogP contribution in [-0.4, -0.2) is 24.1 Å². The molecule has 1 saturated heterocycles. The van der Waals surface area contributed by atoms with E-state index in [0.29, 0.717) is 6.10 Å². The fourth-order valence-corrected chi connectivity index (χ4v) is 1.61. The Morgan fingerprint density at radius 3 is 2.64 bits per heavy atom. The maximum Gasteiger partial charge on any atom is 0.101 e. The normalized spacial score (nSPS) is 19.7. The van der Waals surface area contributed by atoms with Gasteiger partial charge < -0.3 is 9.64 Å². The molecule has 1 fully saturated rings. The number of piperidine rings is 1. The third-order valence-electron chi connectivity index (χ3n) is 2.44. The Morgan fingerprint density at radius 2 is 2.07 bits per heavy atom. The maximum atomic E-state index is 5.55. The third-order valence-corrected chi connectivity index (χ3v) is 2.44. The van der Waals surface area contributed by atoms with Crippen LogP contribution in [0, 0.1) is 0 Å². The van der Waals surface area contributed by atoms with Crippen LogP contribution in [-0.2, 0) is 4.74 Å². The molecule has 0 aromatic carbocycles. The van der Waals surface area contributed by atoms with Gasteiger partial charge in [0.05, 0.1) is 6.26 Å². The molecule has 1 aliphatic heterocycles. The van der Waals surface area contributed by atoms with E-state index in [9.17, 15) is 0 Å². The SMILES string of the molecule is CC=COC1CCN(C=CCC)CC1. The van der Waals surface area contributed by atoms with Crippen molar-refractivity contribution in [3.05, 3.63) is 24.6 Å². The quantitative estimate of drug-likeness (QED) is 0.639. The first-order valence-electron chi connectivity index (χ1n) is 5.54. The van der Waals surface area contributed by atoms with E-state index in [0.717, 1.165) is 32.4 Å². The van der Waals surface area contributed by atoms with Gasteiger partial charge in [0.2, 0.25) is 0 Å². The average molecular weight is 195 g/mol. The molecule has 1 aliphatic rings. The molecule has 0 radical (unpaired) electrons. The highest BCUT2D eigenvalue weighted by atomic mass is 16.5. The fraction of sp³-hybridized carbons (Fsp3) is 0.667. The number of ether oxygens (including phenoxy) is 1. The molecule has 0 spiro atoms. The summed E-state index contributed by atoms with van der Waals surface area (Å²) in [4.78, 5) is 2.37. The summed E-state index contributed by atoms with van der Waals surface area (Å²) in [6.45, 7) is 6.40. The molecule has 14 heavy (non-hydrogen) atoms. The van der Waals surface area contributed by atoms with E-state index in [1.54, 1.807) is 0 Å². The molecule has 2 heteroatoms. The van der Waals surface area contributed by atoms with Crippen molar-refractivity contribution in [3.8, 4) is 0 Å². The van der Waals surface area contributed by atoms with E-state index < -0.39 is 0 Å². The largest absolute Gasteiger partial charge is 0.498 e. The van der Waals surface area contributed by atoms with Crippen LogP contribution in [0.3, 0.4) is 0 Å². The summed E-state index contributed by atoms with van der Waals surface area (Å²) < 4.78 is 5.55. The van der Waals surface area contributed by atoms with Crippen molar-refractivity contribution in [2.24, 2.45) is 0 Å². The lowest BCUT2D eigenvalue weighted by molar-refractivity contribution is 0.0829. The van der Waals surface area contributed by atoms with Crippen molar-refractivity contribution in [2.75, 3.05) is 13.1 Å². The van der Waals surface area contributed by atoms with Crippen LogP contribution in [0.15, 0.2) is 24.6 Å². The zero-order valence-corrected chi connectivity index (χ0v) is 9.28. The lowest BCUT2D eigenvalue weighted by Gasteiger charge is -2.30. The van der Waals surface area contributed by atoms with Gasteiger partial charge in [0, 0.05) is 25.9 Å². The molecule has 1 rings (SSSR count). The number of allylic oxidation sites excluding steroid dienone is 2. The molecule has 80 valence electrons. The lowest BCUT2D eigenvalue weighted by atomic mass is 10.1. The van der Waals surface area contributed by atoms with E-state index in [-0.39, 0.29) is 0 Å². The summed E-state index contributed by atoms with van der Waals surface area (Å²) in [5.74, 6) is 0. The summed E-state index contributed by atoms with van der Waals surface area (Å²) in [5, 5.41) is 0. The number of hydrogen-bond acceptors (Lipinski definition) is 2. The zero-order valence-electron chi connectivity index (χ0n) is 9.28. The summed E-state index contributed by atoms with van der Waals surface area (Å²) in [7, 11) is 0. The van der Waals surface area contributed by atoms with Crippen LogP contribution in [0.5, 0.6) is 0 Å². The molecule has 0 bridgehead atoms. The van der Waals surface area contributed by atoms with E-state index in [2.05, 4.69) is 24.1 Å². The minimum Gasteiger partial charge on any atom is -0.498 e.